The first-order valence-corrected chi connectivity index (χ1v) is 3.07. The molecule has 0 spiro atoms. The lowest BCUT2D eigenvalue weighted by atomic mass is 10.2. The largest absolute Gasteiger partial charge is 0.290 e. The average Bonchev–Trinajstić information content (AvgIpc) is 2.11. The average molecular weight is 168 g/mol. The molecule has 1 N–H and O–H groups in total. The van der Waals surface area contributed by atoms with E-state index < -0.39 is 0 Å². The van der Waals surface area contributed by atoms with Gasteiger partial charge in [0.1, 0.15) is 0 Å². The number of nitrogens with one attached hydrogen (secondary N) is 1. The first-order valence-electron chi connectivity index (χ1n) is 3.10. The van der Waals surface area contributed by atoms with Crippen molar-refractivity contribution in [3.05, 3.63) is 24.3 Å². The summed E-state index contributed by atoms with van der Waals surface area (Å²) in [5, 5.41) is 4.36. The Labute approximate surface area is 70.4 Å². The third-order valence-corrected chi connectivity index (χ3v) is 0.824. The van der Waals surface area contributed by atoms with Crippen molar-refractivity contribution in [3.63, 3.8) is 0 Å². The molecule has 0 aliphatic heterocycles. The topological polar surface area (TPSA) is 58.0 Å². The third-order valence-electron chi connectivity index (χ3n) is 0.824. The monoisotopic (exact) mass is 168 g/mol. The molecule has 1 aliphatic carbocycles. The van der Waals surface area contributed by atoms with Crippen LogP contribution in [0.1, 0.15) is 0 Å². The molecular formula is C7H5NO2S. The van der Waals surface area contributed by atoms with Crippen molar-refractivity contribution >= 4 is 28.9 Å². The Morgan fingerprint density at radius 2 is 1.55 bits per heavy atom. The molecule has 0 fully saturated rings. The van der Waals surface area contributed by atoms with Gasteiger partial charge in [0, 0.05) is 0 Å². The fourth-order valence-corrected chi connectivity index (χ4v) is 0.440. The lowest BCUT2D eigenvalue weighted by Crippen LogP contribution is -1.97. The fourth-order valence-electron chi connectivity index (χ4n) is 0.440. The van der Waals surface area contributed by atoms with E-state index in [0.717, 1.165) is 0 Å². The van der Waals surface area contributed by atoms with Gasteiger partial charge in [0.2, 0.25) is 0 Å². The zero-order valence-corrected chi connectivity index (χ0v) is 6.30. The summed E-state index contributed by atoms with van der Waals surface area (Å²) < 4.78 is 5.86. The van der Waals surface area contributed by atoms with E-state index in [0.29, 0.717) is 0 Å². The Morgan fingerprint density at radius 1 is 1.27 bits per heavy atom. The second-order valence-corrected chi connectivity index (χ2v) is 1.75. The number of allylic oxidation sites excluding steroid dienone is 4. The van der Waals surface area contributed by atoms with Crippen molar-refractivity contribution < 1.29 is 11.0 Å². The molecule has 3 nitrogen and oxygen atoms in total. The lowest BCUT2D eigenvalue weighted by molar-refractivity contribution is -0.113. The minimum Gasteiger partial charge on any atom is -0.290 e. The number of hydrogen-bond donors (Lipinski definition) is 1. The van der Waals surface area contributed by atoms with Gasteiger partial charge in [-0.3, -0.25) is 9.59 Å². The minimum absolute atomic E-state index is 0.121. The Balaban J connectivity index is 0.000000261. The van der Waals surface area contributed by atoms with Crippen molar-refractivity contribution in [3.8, 4) is 0 Å². The van der Waals surface area contributed by atoms with Crippen LogP contribution in [0.4, 0.5) is 0 Å². The predicted molar refractivity (Wildman–Crippen MR) is 43.6 cm³/mol. The molecule has 0 aromatic carbocycles. The molecule has 0 radical (unpaired) electrons. The maximum absolute atomic E-state index is 10.3. The number of carbonyl (C=O) groups excluding carboxylic acids is 2. The summed E-state index contributed by atoms with van der Waals surface area (Å²) in [4.78, 5) is 20.6. The smallest absolute Gasteiger partial charge is 0.200 e. The number of hydrogen-bond acceptors (Lipinski definition) is 4. The molecule has 0 aromatic rings. The first-order chi connectivity index (χ1) is 5.70. The number of carbonyl (C=O) groups is 2. The van der Waals surface area contributed by atoms with E-state index >= 15 is 0 Å². The van der Waals surface area contributed by atoms with Gasteiger partial charge in [-0.05, 0) is 36.5 Å². The highest BCUT2D eigenvalue weighted by atomic mass is 32.1. The van der Waals surface area contributed by atoms with Crippen LogP contribution in [0.2, 0.25) is 1.41 Å². The van der Waals surface area contributed by atoms with Crippen LogP contribution < -0.4 is 0 Å². The van der Waals surface area contributed by atoms with Crippen LogP contribution >= 0.6 is 12.2 Å². The third kappa shape index (κ3) is 5.08. The molecule has 0 unspecified atom stereocenters. The molecule has 0 bridgehead atoms. The standard InChI is InChI=1S/C6H4O2.CHNS/c7-5-1-2-6(8)4-3-5;2-1-3/h1-4H;2H/i/hD. The molecule has 1 aliphatic rings. The molecule has 4 heteroatoms. The number of rotatable bonds is 0. The van der Waals surface area contributed by atoms with Crippen LogP contribution in [0, 0.1) is 5.40 Å². The second-order valence-electron chi connectivity index (χ2n) is 1.56. The highest BCUT2D eigenvalue weighted by molar-refractivity contribution is 7.78. The maximum atomic E-state index is 10.3. The summed E-state index contributed by atoms with van der Waals surface area (Å²) in [6, 6.07) is 0. The van der Waals surface area contributed by atoms with E-state index in [1.807, 2.05) is 0 Å². The van der Waals surface area contributed by atoms with Crippen LogP contribution in [0.25, 0.3) is 0 Å². The van der Waals surface area contributed by atoms with Gasteiger partial charge >= 0.3 is 0 Å². The molecule has 0 heterocycles. The van der Waals surface area contributed by atoms with Crippen LogP contribution in [-0.2, 0) is 9.59 Å². The van der Waals surface area contributed by atoms with Crippen LogP contribution in [0.5, 0.6) is 0 Å². The van der Waals surface area contributed by atoms with E-state index in [9.17, 15) is 9.59 Å². The molecule has 0 saturated carbocycles. The van der Waals surface area contributed by atoms with Gasteiger partial charge in [-0.2, -0.15) is 0 Å². The number of isothiocyanates is 1. The van der Waals surface area contributed by atoms with Gasteiger partial charge in [0.25, 0.3) is 0 Å². The Morgan fingerprint density at radius 3 is 1.73 bits per heavy atom. The van der Waals surface area contributed by atoms with Crippen molar-refractivity contribution in [1.82, 2.24) is 0 Å². The van der Waals surface area contributed by atoms with Crippen LogP contribution in [-0.4, -0.2) is 16.7 Å². The molecule has 11 heavy (non-hydrogen) atoms. The van der Waals surface area contributed by atoms with Crippen LogP contribution in [0.3, 0.4) is 0 Å². The molecule has 56 valence electrons. The van der Waals surface area contributed by atoms with Crippen LogP contribution in [0.15, 0.2) is 24.3 Å². The number of thiocarbonyl (C=S) groups is 1. The zero-order valence-electron chi connectivity index (χ0n) is 6.48. The SMILES string of the molecule is O=C1C=CC(=O)C=C1.[2H]N=C=S. The van der Waals surface area contributed by atoms with Gasteiger partial charge in [-0.1, -0.05) is 0 Å². The summed E-state index contributed by atoms with van der Waals surface area (Å²) in [6.45, 7) is 0. The van der Waals surface area contributed by atoms with Gasteiger partial charge < -0.3 is 0 Å². The second kappa shape index (κ2) is 5.41. The summed E-state index contributed by atoms with van der Waals surface area (Å²) in [7, 11) is 0. The molecule has 0 saturated heterocycles. The predicted octanol–water partition coefficient (Wildman–Crippen LogP) is 0.919. The number of ketones is 2. The van der Waals surface area contributed by atoms with E-state index in [1.54, 1.807) is 5.16 Å². The zero-order chi connectivity index (χ0) is 9.40. The van der Waals surface area contributed by atoms with Crippen molar-refractivity contribution in [1.29, 1.82) is 5.40 Å². The fraction of sp³-hybridized carbons (Fsp3) is 0. The van der Waals surface area contributed by atoms with E-state index in [-0.39, 0.29) is 11.6 Å². The first kappa shape index (κ1) is 7.72. The molecular weight excluding hydrogens is 162 g/mol. The van der Waals surface area contributed by atoms with Gasteiger partial charge in [0.05, 0.1) is 5.16 Å². The summed E-state index contributed by atoms with van der Waals surface area (Å²) in [5.74, 6) is -0.241. The van der Waals surface area contributed by atoms with Gasteiger partial charge in [-0.25, -0.2) is 5.40 Å². The lowest BCUT2D eigenvalue weighted by Gasteiger charge is -1.87. The Kier molecular flexibility index (Phi) is 3.80. The van der Waals surface area contributed by atoms with Crippen molar-refractivity contribution in [2.24, 2.45) is 0 Å². The van der Waals surface area contributed by atoms with E-state index in [1.165, 1.54) is 24.3 Å². The molecule has 0 amide bonds. The highest BCUT2D eigenvalue weighted by Gasteiger charge is 1.97. The van der Waals surface area contributed by atoms with E-state index in [2.05, 4.69) is 17.6 Å². The molecule has 1 rings (SSSR count). The minimum atomic E-state index is -0.121. The summed E-state index contributed by atoms with van der Waals surface area (Å²) in [6.07, 6.45) is 5.01. The van der Waals surface area contributed by atoms with E-state index in [4.69, 9.17) is 1.41 Å². The quantitative estimate of drug-likeness (QED) is 0.332. The van der Waals surface area contributed by atoms with Gasteiger partial charge in [0.15, 0.2) is 13.0 Å². The Bertz CT molecular complexity index is 252. The summed E-state index contributed by atoms with van der Waals surface area (Å²) >= 11 is 3.95. The van der Waals surface area contributed by atoms with Gasteiger partial charge in [-0.15, -0.1) is 0 Å². The summed E-state index contributed by atoms with van der Waals surface area (Å²) in [5.41, 5.74) is 0. The normalized spacial score (nSPS) is 14.4. The van der Waals surface area contributed by atoms with Crippen molar-refractivity contribution in [2.45, 2.75) is 0 Å². The Hall–Kier alpha value is -1.38. The highest BCUT2D eigenvalue weighted by Crippen LogP contribution is 1.90. The maximum Gasteiger partial charge on any atom is 0.200 e. The molecule has 0 atom stereocenters. The van der Waals surface area contributed by atoms with Crippen molar-refractivity contribution in [2.75, 3.05) is 0 Å². The molecule has 0 aromatic heterocycles.